The van der Waals surface area contributed by atoms with E-state index in [2.05, 4.69) is 29.2 Å². The third-order valence-electron chi connectivity index (χ3n) is 7.09. The van der Waals surface area contributed by atoms with Gasteiger partial charge in [-0.3, -0.25) is 14.4 Å². The summed E-state index contributed by atoms with van der Waals surface area (Å²) in [5.41, 5.74) is 1.21. The van der Waals surface area contributed by atoms with E-state index >= 15 is 0 Å². The van der Waals surface area contributed by atoms with Crippen molar-refractivity contribution >= 4 is 40.7 Å². The topological polar surface area (TPSA) is 70.6 Å². The molecule has 2 aromatic carbocycles. The summed E-state index contributed by atoms with van der Waals surface area (Å²) in [4.78, 5) is 49.2. The van der Waals surface area contributed by atoms with Gasteiger partial charge in [0, 0.05) is 41.2 Å². The number of benzene rings is 2. The number of carbonyl (C=O) groups is 3. The molecule has 0 radical (unpaired) electrons. The van der Waals surface area contributed by atoms with Crippen molar-refractivity contribution < 1.29 is 14.4 Å². The number of carbonyl (C=O) groups excluding carboxylic acids is 3. The van der Waals surface area contributed by atoms with E-state index in [9.17, 15) is 14.4 Å². The Morgan fingerprint density at radius 1 is 0.973 bits per heavy atom. The molecular weight excluding hydrogens is 502 g/mol. The number of thioether (sulfide) groups is 1. The number of hydrogen-bond acceptors (Lipinski definition) is 6. The molecule has 1 aromatic heterocycles. The van der Waals surface area contributed by atoms with Gasteiger partial charge in [-0.25, -0.2) is 4.98 Å². The number of ketones is 1. The molecule has 2 saturated heterocycles. The Kier molecular flexibility index (Phi) is 8.36. The summed E-state index contributed by atoms with van der Waals surface area (Å²) < 4.78 is 0. The highest BCUT2D eigenvalue weighted by Crippen LogP contribution is 2.35. The molecule has 3 atom stereocenters. The van der Waals surface area contributed by atoms with Crippen LogP contribution < -0.4 is 0 Å². The van der Waals surface area contributed by atoms with Gasteiger partial charge in [-0.2, -0.15) is 0 Å². The van der Waals surface area contributed by atoms with Crippen LogP contribution in [0.25, 0.3) is 0 Å². The van der Waals surface area contributed by atoms with E-state index in [0.29, 0.717) is 37.4 Å². The van der Waals surface area contributed by atoms with Crippen molar-refractivity contribution in [2.75, 3.05) is 13.1 Å². The molecule has 0 N–H and O–H groups in total. The Labute approximate surface area is 226 Å². The largest absolute Gasteiger partial charge is 0.330 e. The van der Waals surface area contributed by atoms with Crippen molar-refractivity contribution in [1.82, 2.24) is 14.8 Å². The predicted octanol–water partition coefficient (Wildman–Crippen LogP) is 5.10. The first kappa shape index (κ1) is 25.7. The molecular formula is C29H31N3O3S2. The van der Waals surface area contributed by atoms with Gasteiger partial charge in [-0.05, 0) is 49.8 Å². The molecule has 0 spiro atoms. The second-order valence-corrected chi connectivity index (χ2v) is 11.8. The second-order valence-electron chi connectivity index (χ2n) is 9.58. The first-order valence-electron chi connectivity index (χ1n) is 12.9. The van der Waals surface area contributed by atoms with Crippen molar-refractivity contribution in [3.8, 4) is 0 Å². The van der Waals surface area contributed by atoms with Gasteiger partial charge in [0.15, 0.2) is 5.01 Å². The number of rotatable bonds is 9. The summed E-state index contributed by atoms with van der Waals surface area (Å²) in [5.74, 6) is -0.165. The molecule has 8 heteroatoms. The number of Topliss-reactive ketones (excluding diaryl/α,β-unsaturated/α-hetero) is 1. The van der Waals surface area contributed by atoms with Gasteiger partial charge in [0.1, 0.15) is 6.04 Å². The molecule has 2 fully saturated rings. The van der Waals surface area contributed by atoms with Gasteiger partial charge in [0.2, 0.25) is 17.6 Å². The summed E-state index contributed by atoms with van der Waals surface area (Å²) in [5, 5.41) is 2.36. The summed E-state index contributed by atoms with van der Waals surface area (Å²) in [6.45, 7) is 1.09. The molecule has 0 saturated carbocycles. The molecule has 2 aliphatic heterocycles. The Morgan fingerprint density at radius 3 is 2.46 bits per heavy atom. The first-order valence-corrected chi connectivity index (χ1v) is 14.7. The Bertz CT molecular complexity index is 1200. The monoisotopic (exact) mass is 533 g/mol. The zero-order valence-electron chi connectivity index (χ0n) is 20.7. The van der Waals surface area contributed by atoms with Crippen LogP contribution in [0, 0.1) is 0 Å². The molecule has 3 heterocycles. The van der Waals surface area contributed by atoms with Crippen molar-refractivity contribution in [2.24, 2.45) is 0 Å². The van der Waals surface area contributed by atoms with Crippen LogP contribution in [0.1, 0.15) is 47.5 Å². The molecule has 192 valence electrons. The van der Waals surface area contributed by atoms with Crippen LogP contribution in [0.5, 0.6) is 0 Å². The van der Waals surface area contributed by atoms with Crippen LogP contribution >= 0.6 is 23.1 Å². The van der Waals surface area contributed by atoms with E-state index < -0.39 is 12.1 Å². The number of aromatic nitrogens is 1. The highest BCUT2D eigenvalue weighted by Gasteiger charge is 2.45. The van der Waals surface area contributed by atoms with Gasteiger partial charge < -0.3 is 9.80 Å². The zero-order valence-corrected chi connectivity index (χ0v) is 22.3. The molecule has 37 heavy (non-hydrogen) atoms. The lowest BCUT2D eigenvalue weighted by Gasteiger charge is -2.30. The lowest BCUT2D eigenvalue weighted by atomic mass is 10.1. The Morgan fingerprint density at radius 2 is 1.73 bits per heavy atom. The molecule has 0 aliphatic carbocycles. The van der Waals surface area contributed by atoms with Crippen LogP contribution in [-0.4, -0.2) is 62.8 Å². The average Bonchev–Trinajstić information content (AvgIpc) is 3.70. The van der Waals surface area contributed by atoms with Crippen molar-refractivity contribution in [2.45, 2.75) is 60.8 Å². The van der Waals surface area contributed by atoms with Crippen LogP contribution in [0.2, 0.25) is 0 Å². The second kappa shape index (κ2) is 12.0. The SMILES string of the molecule is O=C(c1nccs1)[C@@H]1CCCN1C(=O)[C@@H]1C[C@@H](Sc2ccccc2)CN1C(=O)CCCc1ccccc1. The summed E-state index contributed by atoms with van der Waals surface area (Å²) in [7, 11) is 0. The van der Waals surface area contributed by atoms with Gasteiger partial charge in [0.05, 0.1) is 6.04 Å². The van der Waals surface area contributed by atoms with E-state index in [1.807, 2.05) is 36.4 Å². The number of hydrogen-bond donors (Lipinski definition) is 0. The quantitative estimate of drug-likeness (QED) is 0.358. The maximum atomic E-state index is 13.9. The van der Waals surface area contributed by atoms with Gasteiger partial charge in [-0.15, -0.1) is 23.1 Å². The highest BCUT2D eigenvalue weighted by atomic mass is 32.2. The lowest BCUT2D eigenvalue weighted by Crippen LogP contribution is -2.51. The fraction of sp³-hybridized carbons (Fsp3) is 0.379. The van der Waals surface area contributed by atoms with Crippen LogP contribution in [0.3, 0.4) is 0 Å². The smallest absolute Gasteiger partial charge is 0.246 e. The number of likely N-dealkylation sites (tertiary alicyclic amines) is 2. The average molecular weight is 534 g/mol. The number of thiazole rings is 1. The minimum atomic E-state index is -0.532. The minimum Gasteiger partial charge on any atom is -0.330 e. The molecule has 0 unspecified atom stereocenters. The van der Waals surface area contributed by atoms with E-state index in [-0.39, 0.29) is 22.8 Å². The van der Waals surface area contributed by atoms with E-state index in [1.165, 1.54) is 16.9 Å². The van der Waals surface area contributed by atoms with Crippen molar-refractivity contribution in [1.29, 1.82) is 0 Å². The Balaban J connectivity index is 1.30. The molecule has 2 aliphatic rings. The predicted molar refractivity (Wildman–Crippen MR) is 147 cm³/mol. The van der Waals surface area contributed by atoms with Gasteiger partial charge in [-0.1, -0.05) is 48.5 Å². The number of nitrogens with zero attached hydrogens (tertiary/aromatic N) is 3. The number of aryl methyl sites for hydroxylation is 1. The summed E-state index contributed by atoms with van der Waals surface area (Å²) in [6, 6.07) is 19.3. The summed E-state index contributed by atoms with van der Waals surface area (Å²) in [6.07, 6.45) is 5.62. The molecule has 5 rings (SSSR count). The minimum absolute atomic E-state index is 0.0208. The van der Waals surface area contributed by atoms with E-state index in [1.54, 1.807) is 33.1 Å². The van der Waals surface area contributed by atoms with E-state index in [0.717, 1.165) is 24.2 Å². The maximum absolute atomic E-state index is 13.9. The maximum Gasteiger partial charge on any atom is 0.246 e. The standard InChI is InChI=1S/C29H31N3O3S2/c33-26(15-7-11-21-9-3-1-4-10-21)32-20-23(37-22-12-5-2-6-13-22)19-25(32)29(35)31-17-8-14-24(31)27(34)28-30-16-18-36-28/h1-6,9-10,12-13,16,18,23-25H,7-8,11,14-15,17,19-20H2/t23-,24+,25+/m1/s1. The van der Waals surface area contributed by atoms with Crippen LogP contribution in [0.15, 0.2) is 77.1 Å². The van der Waals surface area contributed by atoms with E-state index in [4.69, 9.17) is 0 Å². The zero-order chi connectivity index (χ0) is 25.6. The third kappa shape index (κ3) is 6.13. The van der Waals surface area contributed by atoms with Crippen molar-refractivity contribution in [3.63, 3.8) is 0 Å². The summed E-state index contributed by atoms with van der Waals surface area (Å²) >= 11 is 3.03. The van der Waals surface area contributed by atoms with Crippen molar-refractivity contribution in [3.05, 3.63) is 82.8 Å². The lowest BCUT2D eigenvalue weighted by molar-refractivity contribution is -0.144. The van der Waals surface area contributed by atoms with Crippen LogP contribution in [0.4, 0.5) is 0 Å². The fourth-order valence-electron chi connectivity index (χ4n) is 5.30. The van der Waals surface area contributed by atoms with Gasteiger partial charge >= 0.3 is 0 Å². The molecule has 6 nitrogen and oxygen atoms in total. The first-order chi connectivity index (χ1) is 18.1. The van der Waals surface area contributed by atoms with Gasteiger partial charge in [0.25, 0.3) is 0 Å². The molecule has 2 amide bonds. The Hall–Kier alpha value is -2.97. The third-order valence-corrected chi connectivity index (χ3v) is 9.10. The fourth-order valence-corrected chi connectivity index (χ4v) is 7.14. The number of amides is 2. The molecule has 3 aromatic rings. The molecule has 0 bridgehead atoms. The highest BCUT2D eigenvalue weighted by molar-refractivity contribution is 8.00. The van der Waals surface area contributed by atoms with Crippen LogP contribution in [-0.2, 0) is 16.0 Å². The normalized spacial score (nSPS) is 21.4.